The van der Waals surface area contributed by atoms with E-state index >= 15 is 0 Å². The number of carbonyl (C=O) groups is 1. The van der Waals surface area contributed by atoms with Gasteiger partial charge in [0.25, 0.3) is 0 Å². The zero-order valence-corrected chi connectivity index (χ0v) is 8.05. The molecule has 4 nitrogen and oxygen atoms in total. The summed E-state index contributed by atoms with van der Waals surface area (Å²) in [7, 11) is 0. The van der Waals surface area contributed by atoms with E-state index in [4.69, 9.17) is 5.11 Å². The highest BCUT2D eigenvalue weighted by molar-refractivity contribution is 5.81. The van der Waals surface area contributed by atoms with Crippen molar-refractivity contribution in [3.63, 3.8) is 0 Å². The zero-order chi connectivity index (χ0) is 9.68. The summed E-state index contributed by atoms with van der Waals surface area (Å²) in [6, 6.07) is -0.126. The lowest BCUT2D eigenvalue weighted by Gasteiger charge is -2.19. The molecular weight excluding hydrogens is 168 g/mol. The van der Waals surface area contributed by atoms with Gasteiger partial charge in [-0.25, -0.2) is 0 Å². The minimum absolute atomic E-state index is 0.00569. The van der Waals surface area contributed by atoms with Gasteiger partial charge in [0.2, 0.25) is 5.91 Å². The van der Waals surface area contributed by atoms with E-state index in [0.717, 1.165) is 25.8 Å². The Morgan fingerprint density at radius 3 is 3.15 bits per heavy atom. The molecule has 1 amide bonds. The molecule has 1 aliphatic rings. The largest absolute Gasteiger partial charge is 0.395 e. The molecule has 1 rings (SSSR count). The predicted octanol–water partition coefficient (Wildman–Crippen LogP) is -0.374. The van der Waals surface area contributed by atoms with Crippen LogP contribution >= 0.6 is 0 Å². The Kier molecular flexibility index (Phi) is 4.18. The van der Waals surface area contributed by atoms with E-state index in [1.54, 1.807) is 0 Å². The number of aliphatic hydroxyl groups excluding tert-OH is 1. The smallest absolute Gasteiger partial charge is 0.237 e. The van der Waals surface area contributed by atoms with Gasteiger partial charge in [0.05, 0.1) is 12.6 Å². The standard InChI is InChI=1S/C9H18N2O2/c1-7(6-12)11-8-4-2-3-5-10-9(8)13/h7-8,11-12H,2-6H2,1H3,(H,10,13). The maximum atomic E-state index is 11.4. The van der Waals surface area contributed by atoms with Gasteiger partial charge in [0.15, 0.2) is 0 Å². The molecule has 0 aromatic heterocycles. The van der Waals surface area contributed by atoms with E-state index in [0.29, 0.717) is 0 Å². The van der Waals surface area contributed by atoms with Gasteiger partial charge in [-0.2, -0.15) is 0 Å². The Bertz CT molecular complexity index is 173. The van der Waals surface area contributed by atoms with E-state index in [9.17, 15) is 4.79 Å². The molecular formula is C9H18N2O2. The predicted molar refractivity (Wildman–Crippen MR) is 50.3 cm³/mol. The fourth-order valence-electron chi connectivity index (χ4n) is 1.49. The summed E-state index contributed by atoms with van der Waals surface area (Å²) in [5.41, 5.74) is 0. The number of hydrogen-bond acceptors (Lipinski definition) is 3. The van der Waals surface area contributed by atoms with Gasteiger partial charge < -0.3 is 15.7 Å². The zero-order valence-electron chi connectivity index (χ0n) is 8.05. The summed E-state index contributed by atoms with van der Waals surface area (Å²) in [6.45, 7) is 2.73. The molecule has 1 saturated heterocycles. The van der Waals surface area contributed by atoms with E-state index in [2.05, 4.69) is 10.6 Å². The van der Waals surface area contributed by atoms with Crippen LogP contribution in [0.2, 0.25) is 0 Å². The molecule has 13 heavy (non-hydrogen) atoms. The van der Waals surface area contributed by atoms with Crippen molar-refractivity contribution in [1.29, 1.82) is 0 Å². The average Bonchev–Trinajstić information content (AvgIpc) is 2.32. The summed E-state index contributed by atoms with van der Waals surface area (Å²) in [5, 5.41) is 14.8. The van der Waals surface area contributed by atoms with Crippen molar-refractivity contribution in [1.82, 2.24) is 10.6 Å². The molecule has 0 aliphatic carbocycles. The second-order valence-electron chi connectivity index (χ2n) is 3.59. The van der Waals surface area contributed by atoms with Crippen LogP contribution in [0.4, 0.5) is 0 Å². The molecule has 1 aliphatic heterocycles. The lowest BCUT2D eigenvalue weighted by Crippen LogP contribution is -2.47. The third kappa shape index (κ3) is 3.32. The van der Waals surface area contributed by atoms with Crippen LogP contribution in [0, 0.1) is 0 Å². The summed E-state index contributed by atoms with van der Waals surface area (Å²) in [4.78, 5) is 11.4. The molecule has 0 spiro atoms. The number of aliphatic hydroxyl groups is 1. The number of carbonyl (C=O) groups excluding carboxylic acids is 1. The summed E-state index contributed by atoms with van der Waals surface area (Å²) in [6.07, 6.45) is 2.99. The van der Waals surface area contributed by atoms with E-state index in [1.165, 1.54) is 0 Å². The molecule has 3 N–H and O–H groups in total. The first kappa shape index (κ1) is 10.5. The summed E-state index contributed by atoms with van der Waals surface area (Å²) < 4.78 is 0. The summed E-state index contributed by atoms with van der Waals surface area (Å²) >= 11 is 0. The maximum Gasteiger partial charge on any atom is 0.237 e. The first-order chi connectivity index (χ1) is 6.24. The van der Waals surface area contributed by atoms with Crippen LogP contribution in [-0.4, -0.2) is 36.2 Å². The monoisotopic (exact) mass is 186 g/mol. The number of hydrogen-bond donors (Lipinski definition) is 3. The van der Waals surface area contributed by atoms with Gasteiger partial charge in [-0.3, -0.25) is 4.79 Å². The first-order valence-corrected chi connectivity index (χ1v) is 4.88. The topological polar surface area (TPSA) is 61.4 Å². The van der Waals surface area contributed by atoms with Crippen molar-refractivity contribution in [2.45, 2.75) is 38.3 Å². The van der Waals surface area contributed by atoms with Crippen LogP contribution in [0.3, 0.4) is 0 Å². The van der Waals surface area contributed by atoms with Gasteiger partial charge in [-0.15, -0.1) is 0 Å². The highest BCUT2D eigenvalue weighted by Gasteiger charge is 2.21. The third-order valence-electron chi connectivity index (χ3n) is 2.29. The van der Waals surface area contributed by atoms with Crippen LogP contribution < -0.4 is 10.6 Å². The van der Waals surface area contributed by atoms with Gasteiger partial charge >= 0.3 is 0 Å². The second-order valence-corrected chi connectivity index (χ2v) is 3.59. The number of nitrogens with one attached hydrogen (secondary N) is 2. The Balaban J connectivity index is 2.40. The fourth-order valence-corrected chi connectivity index (χ4v) is 1.49. The van der Waals surface area contributed by atoms with Crippen LogP contribution in [0.1, 0.15) is 26.2 Å². The van der Waals surface area contributed by atoms with Crippen LogP contribution in [0.5, 0.6) is 0 Å². The van der Waals surface area contributed by atoms with Crippen molar-refractivity contribution in [3.05, 3.63) is 0 Å². The van der Waals surface area contributed by atoms with Gasteiger partial charge in [0.1, 0.15) is 0 Å². The molecule has 2 atom stereocenters. The van der Waals surface area contributed by atoms with Crippen molar-refractivity contribution >= 4 is 5.91 Å². The normalized spacial score (nSPS) is 26.3. The summed E-state index contributed by atoms with van der Waals surface area (Å²) in [5.74, 6) is 0.0674. The minimum atomic E-state index is -0.121. The van der Waals surface area contributed by atoms with E-state index < -0.39 is 0 Å². The highest BCUT2D eigenvalue weighted by Crippen LogP contribution is 2.05. The Morgan fingerprint density at radius 2 is 2.46 bits per heavy atom. The Morgan fingerprint density at radius 1 is 1.69 bits per heavy atom. The Hall–Kier alpha value is -0.610. The SMILES string of the molecule is CC(CO)NC1CCCCNC1=O. The molecule has 0 aromatic rings. The molecule has 0 saturated carbocycles. The lowest BCUT2D eigenvalue weighted by molar-refractivity contribution is -0.123. The van der Waals surface area contributed by atoms with Gasteiger partial charge in [-0.1, -0.05) is 0 Å². The third-order valence-corrected chi connectivity index (χ3v) is 2.29. The van der Waals surface area contributed by atoms with Gasteiger partial charge in [-0.05, 0) is 26.2 Å². The average molecular weight is 186 g/mol. The van der Waals surface area contributed by atoms with Crippen molar-refractivity contribution in [2.75, 3.05) is 13.2 Å². The lowest BCUT2D eigenvalue weighted by atomic mass is 10.1. The number of rotatable bonds is 3. The Labute approximate surface area is 78.7 Å². The van der Waals surface area contributed by atoms with Crippen molar-refractivity contribution in [2.24, 2.45) is 0 Å². The highest BCUT2D eigenvalue weighted by atomic mass is 16.3. The second kappa shape index (κ2) is 5.19. The van der Waals surface area contributed by atoms with Crippen LogP contribution in [-0.2, 0) is 4.79 Å². The van der Waals surface area contributed by atoms with E-state index in [1.807, 2.05) is 6.92 Å². The first-order valence-electron chi connectivity index (χ1n) is 4.88. The molecule has 0 radical (unpaired) electrons. The molecule has 2 unspecified atom stereocenters. The van der Waals surface area contributed by atoms with Crippen LogP contribution in [0.15, 0.2) is 0 Å². The van der Waals surface area contributed by atoms with Crippen molar-refractivity contribution < 1.29 is 9.90 Å². The fraction of sp³-hybridized carbons (Fsp3) is 0.889. The number of amides is 1. The molecule has 1 fully saturated rings. The van der Waals surface area contributed by atoms with Gasteiger partial charge in [0, 0.05) is 12.6 Å². The van der Waals surface area contributed by atoms with Crippen molar-refractivity contribution in [3.8, 4) is 0 Å². The molecule has 0 bridgehead atoms. The van der Waals surface area contributed by atoms with E-state index in [-0.39, 0.29) is 24.6 Å². The molecule has 0 aromatic carbocycles. The van der Waals surface area contributed by atoms with Crippen LogP contribution in [0.25, 0.3) is 0 Å². The minimum Gasteiger partial charge on any atom is -0.395 e. The quantitative estimate of drug-likeness (QED) is 0.563. The molecule has 1 heterocycles. The maximum absolute atomic E-state index is 11.4. The molecule has 4 heteroatoms. The molecule has 76 valence electrons.